The van der Waals surface area contributed by atoms with Crippen LogP contribution < -0.4 is 5.32 Å². The van der Waals surface area contributed by atoms with Gasteiger partial charge in [0.05, 0.1) is 11.9 Å². The number of nitrogens with one attached hydrogen (secondary N) is 1. The molecule has 0 radical (unpaired) electrons. The molecule has 0 amide bonds. The monoisotopic (exact) mass is 377 g/mol. The van der Waals surface area contributed by atoms with Crippen molar-refractivity contribution in [2.24, 2.45) is 0 Å². The van der Waals surface area contributed by atoms with E-state index in [4.69, 9.17) is 0 Å². The third-order valence-corrected chi connectivity index (χ3v) is 6.75. The molecular weight excluding hydrogens is 358 g/mol. The van der Waals surface area contributed by atoms with Gasteiger partial charge in [0.25, 0.3) is 0 Å². The molecule has 0 unspecified atom stereocenters. The normalized spacial score (nSPS) is 18.3. The lowest BCUT2D eigenvalue weighted by molar-refractivity contribution is 0.182. The molecule has 1 fully saturated rings. The molecule has 132 valence electrons. The standard InChI is InChI=1S/C16H19N5O2S2/c1-25(22,23)21-8-6-20(7-9-21)11-12-2-3-14-13(10-12)19-15-16(24-14)18-5-4-17-15/h2-5,10H,6-9,11H2,1H3,(H,17,19). The molecule has 1 aromatic heterocycles. The lowest BCUT2D eigenvalue weighted by Crippen LogP contribution is -2.47. The number of rotatable bonds is 3. The van der Waals surface area contributed by atoms with E-state index in [1.165, 1.54) is 11.8 Å². The summed E-state index contributed by atoms with van der Waals surface area (Å²) in [4.78, 5) is 12.1. The first kappa shape index (κ1) is 16.8. The van der Waals surface area contributed by atoms with Crippen LogP contribution in [0, 0.1) is 0 Å². The summed E-state index contributed by atoms with van der Waals surface area (Å²) in [5.41, 5.74) is 2.25. The van der Waals surface area contributed by atoms with E-state index in [2.05, 4.69) is 38.4 Å². The number of hydrogen-bond donors (Lipinski definition) is 1. The average Bonchev–Trinajstić information content (AvgIpc) is 2.59. The van der Waals surface area contributed by atoms with Gasteiger partial charge in [-0.2, -0.15) is 4.31 Å². The third kappa shape index (κ3) is 3.64. The summed E-state index contributed by atoms with van der Waals surface area (Å²) in [5, 5.41) is 4.23. The van der Waals surface area contributed by atoms with Crippen molar-refractivity contribution in [1.29, 1.82) is 0 Å². The highest BCUT2D eigenvalue weighted by Gasteiger charge is 2.24. The van der Waals surface area contributed by atoms with Gasteiger partial charge in [-0.05, 0) is 17.7 Å². The maximum Gasteiger partial charge on any atom is 0.211 e. The Morgan fingerprint density at radius 3 is 2.68 bits per heavy atom. The Kier molecular flexibility index (Phi) is 4.40. The first-order valence-electron chi connectivity index (χ1n) is 8.05. The number of sulfonamides is 1. The SMILES string of the molecule is CS(=O)(=O)N1CCN(Cc2ccc3c(c2)Nc2nccnc2S3)CC1. The highest BCUT2D eigenvalue weighted by atomic mass is 32.2. The second-order valence-corrected chi connectivity index (χ2v) is 9.22. The van der Waals surface area contributed by atoms with Gasteiger partial charge < -0.3 is 5.32 Å². The lowest BCUT2D eigenvalue weighted by Gasteiger charge is -2.33. The maximum atomic E-state index is 11.6. The van der Waals surface area contributed by atoms with Crippen LogP contribution in [-0.4, -0.2) is 60.0 Å². The van der Waals surface area contributed by atoms with E-state index in [9.17, 15) is 8.42 Å². The third-order valence-electron chi connectivity index (χ3n) is 4.37. The van der Waals surface area contributed by atoms with Crippen molar-refractivity contribution >= 4 is 33.3 Å². The average molecular weight is 377 g/mol. The van der Waals surface area contributed by atoms with Crippen molar-refractivity contribution in [3.05, 3.63) is 36.2 Å². The lowest BCUT2D eigenvalue weighted by atomic mass is 10.1. The fraction of sp³-hybridized carbons (Fsp3) is 0.375. The van der Waals surface area contributed by atoms with Crippen molar-refractivity contribution in [3.63, 3.8) is 0 Å². The van der Waals surface area contributed by atoms with E-state index in [1.54, 1.807) is 28.5 Å². The number of fused-ring (bicyclic) bond motifs is 2. The van der Waals surface area contributed by atoms with Crippen LogP contribution in [-0.2, 0) is 16.6 Å². The van der Waals surface area contributed by atoms with E-state index in [-0.39, 0.29) is 0 Å². The van der Waals surface area contributed by atoms with Crippen LogP contribution in [0.25, 0.3) is 0 Å². The Labute approximate surface area is 151 Å². The van der Waals surface area contributed by atoms with Crippen LogP contribution in [0.3, 0.4) is 0 Å². The number of benzene rings is 1. The second-order valence-electron chi connectivity index (χ2n) is 6.21. The summed E-state index contributed by atoms with van der Waals surface area (Å²) in [7, 11) is -3.08. The van der Waals surface area contributed by atoms with Gasteiger partial charge in [0.2, 0.25) is 10.0 Å². The summed E-state index contributed by atoms with van der Waals surface area (Å²) in [6.45, 7) is 3.42. The molecule has 2 aliphatic heterocycles. The summed E-state index contributed by atoms with van der Waals surface area (Å²) in [6, 6.07) is 6.37. The smallest absolute Gasteiger partial charge is 0.211 e. The van der Waals surface area contributed by atoms with Gasteiger partial charge >= 0.3 is 0 Å². The Bertz CT molecular complexity index is 895. The van der Waals surface area contributed by atoms with Crippen LogP contribution >= 0.6 is 11.8 Å². The quantitative estimate of drug-likeness (QED) is 0.745. The van der Waals surface area contributed by atoms with Gasteiger partial charge in [-0.1, -0.05) is 17.8 Å². The van der Waals surface area contributed by atoms with Crippen molar-refractivity contribution < 1.29 is 8.42 Å². The van der Waals surface area contributed by atoms with Crippen molar-refractivity contribution in [1.82, 2.24) is 19.2 Å². The molecule has 0 spiro atoms. The summed E-state index contributed by atoms with van der Waals surface area (Å²) in [6.07, 6.45) is 4.65. The first-order valence-corrected chi connectivity index (χ1v) is 10.7. The van der Waals surface area contributed by atoms with Crippen molar-refractivity contribution in [2.45, 2.75) is 16.5 Å². The molecule has 0 atom stereocenters. The topological polar surface area (TPSA) is 78.4 Å². The van der Waals surface area contributed by atoms with Gasteiger partial charge in [0.1, 0.15) is 5.03 Å². The van der Waals surface area contributed by atoms with Crippen molar-refractivity contribution in [3.8, 4) is 0 Å². The Morgan fingerprint density at radius 2 is 1.92 bits per heavy atom. The highest BCUT2D eigenvalue weighted by molar-refractivity contribution is 7.99. The molecule has 4 rings (SSSR count). The minimum atomic E-state index is -3.08. The molecule has 9 heteroatoms. The van der Waals surface area contributed by atoms with E-state index in [0.717, 1.165) is 41.1 Å². The predicted molar refractivity (Wildman–Crippen MR) is 97.6 cm³/mol. The molecule has 0 bridgehead atoms. The molecule has 0 aliphatic carbocycles. The van der Waals surface area contributed by atoms with Gasteiger partial charge in [-0.15, -0.1) is 0 Å². The Hall–Kier alpha value is -1.68. The zero-order valence-corrected chi connectivity index (χ0v) is 15.5. The molecule has 1 aromatic carbocycles. The largest absolute Gasteiger partial charge is 0.337 e. The number of nitrogens with zero attached hydrogens (tertiary/aromatic N) is 4. The Morgan fingerprint density at radius 1 is 1.16 bits per heavy atom. The van der Waals surface area contributed by atoms with E-state index in [1.807, 2.05) is 0 Å². The number of aromatic nitrogens is 2. The van der Waals surface area contributed by atoms with Crippen LogP contribution in [0.1, 0.15) is 5.56 Å². The fourth-order valence-corrected chi connectivity index (χ4v) is 4.76. The van der Waals surface area contributed by atoms with Gasteiger partial charge in [-0.3, -0.25) is 4.90 Å². The molecular formula is C16H19N5O2S2. The van der Waals surface area contributed by atoms with Crippen LogP contribution in [0.2, 0.25) is 0 Å². The van der Waals surface area contributed by atoms with Gasteiger partial charge in [0, 0.05) is 50.0 Å². The van der Waals surface area contributed by atoms with Crippen LogP contribution in [0.4, 0.5) is 11.5 Å². The van der Waals surface area contributed by atoms with Gasteiger partial charge in [-0.25, -0.2) is 18.4 Å². The number of hydrogen-bond acceptors (Lipinski definition) is 7. The van der Waals surface area contributed by atoms with Crippen LogP contribution in [0.5, 0.6) is 0 Å². The zero-order chi connectivity index (χ0) is 17.4. The number of piperazine rings is 1. The fourth-order valence-electron chi connectivity index (χ4n) is 3.06. The molecule has 2 aromatic rings. The van der Waals surface area contributed by atoms with E-state index < -0.39 is 10.0 Å². The maximum absolute atomic E-state index is 11.6. The molecule has 0 saturated carbocycles. The highest BCUT2D eigenvalue weighted by Crippen LogP contribution is 2.42. The Balaban J connectivity index is 1.44. The van der Waals surface area contributed by atoms with Crippen molar-refractivity contribution in [2.75, 3.05) is 37.8 Å². The molecule has 1 saturated heterocycles. The number of anilines is 2. The zero-order valence-electron chi connectivity index (χ0n) is 13.8. The molecule has 2 aliphatic rings. The second kappa shape index (κ2) is 6.56. The summed E-state index contributed by atoms with van der Waals surface area (Å²) < 4.78 is 24.7. The summed E-state index contributed by atoms with van der Waals surface area (Å²) >= 11 is 1.62. The van der Waals surface area contributed by atoms with E-state index in [0.29, 0.717) is 13.1 Å². The molecule has 3 heterocycles. The minimum absolute atomic E-state index is 0.556. The van der Waals surface area contributed by atoms with Gasteiger partial charge in [0.15, 0.2) is 5.82 Å². The summed E-state index contributed by atoms with van der Waals surface area (Å²) in [5.74, 6) is 0.791. The minimum Gasteiger partial charge on any atom is -0.337 e. The molecule has 7 nitrogen and oxygen atoms in total. The predicted octanol–water partition coefficient (Wildman–Crippen LogP) is 1.76. The first-order chi connectivity index (χ1) is 12.0. The molecule has 25 heavy (non-hydrogen) atoms. The van der Waals surface area contributed by atoms with E-state index >= 15 is 0 Å². The van der Waals surface area contributed by atoms with Crippen LogP contribution in [0.15, 0.2) is 40.5 Å². The molecule has 1 N–H and O–H groups in total.